The number of aromatic nitrogens is 3. The number of hydrogen-bond donors (Lipinski definition) is 3. The maximum Gasteiger partial charge on any atom is 0.335 e. The van der Waals surface area contributed by atoms with Crippen LogP contribution in [-0.4, -0.2) is 31.6 Å². The van der Waals surface area contributed by atoms with Crippen molar-refractivity contribution in [3.63, 3.8) is 0 Å². The molecule has 3 aromatic rings. The molecule has 0 saturated carbocycles. The molecule has 0 fully saturated rings. The van der Waals surface area contributed by atoms with Crippen molar-refractivity contribution in [1.82, 2.24) is 14.8 Å². The molecular formula is C17H17N5O2S. The van der Waals surface area contributed by atoms with Gasteiger partial charge in [-0.15, -0.1) is 5.10 Å². The van der Waals surface area contributed by atoms with E-state index >= 15 is 0 Å². The summed E-state index contributed by atoms with van der Waals surface area (Å²) in [5.74, 6) is 0.177. The minimum absolute atomic E-state index is 0.177. The van der Waals surface area contributed by atoms with Crippen LogP contribution in [0, 0.1) is 0 Å². The summed E-state index contributed by atoms with van der Waals surface area (Å²) in [6.45, 7) is 2.41. The molecule has 2 aromatic carbocycles. The molecule has 0 aliphatic carbocycles. The number of rotatable bonds is 5. The first-order chi connectivity index (χ1) is 12.1. The quantitative estimate of drug-likeness (QED) is 0.606. The van der Waals surface area contributed by atoms with Crippen molar-refractivity contribution in [1.29, 1.82) is 0 Å². The van der Waals surface area contributed by atoms with Crippen molar-refractivity contribution in [3.8, 4) is 17.4 Å². The fraction of sp³-hybridized carbons (Fsp3) is 0.118. The van der Waals surface area contributed by atoms with Crippen molar-refractivity contribution in [2.24, 2.45) is 0 Å². The Morgan fingerprint density at radius 1 is 1.16 bits per heavy atom. The summed E-state index contributed by atoms with van der Waals surface area (Å²) >= 11 is 5.27. The average Bonchev–Trinajstić information content (AvgIpc) is 3.04. The molecule has 7 nitrogen and oxygen atoms in total. The zero-order valence-corrected chi connectivity index (χ0v) is 14.3. The fourth-order valence-corrected chi connectivity index (χ4v) is 2.38. The molecule has 0 saturated heterocycles. The van der Waals surface area contributed by atoms with Crippen LogP contribution in [0.1, 0.15) is 6.92 Å². The van der Waals surface area contributed by atoms with E-state index in [1.54, 1.807) is 29.2 Å². The van der Waals surface area contributed by atoms with Crippen molar-refractivity contribution < 1.29 is 9.84 Å². The van der Waals surface area contributed by atoms with Gasteiger partial charge in [-0.2, -0.15) is 4.98 Å². The van der Waals surface area contributed by atoms with Crippen LogP contribution in [0.3, 0.4) is 0 Å². The Morgan fingerprint density at radius 2 is 1.92 bits per heavy atom. The van der Waals surface area contributed by atoms with Gasteiger partial charge in [-0.1, -0.05) is 6.07 Å². The molecule has 0 unspecified atom stereocenters. The molecule has 0 radical (unpaired) electrons. The van der Waals surface area contributed by atoms with Crippen LogP contribution < -0.4 is 15.4 Å². The fourth-order valence-electron chi connectivity index (χ4n) is 2.14. The predicted molar refractivity (Wildman–Crippen MR) is 100 cm³/mol. The van der Waals surface area contributed by atoms with Crippen LogP contribution in [-0.2, 0) is 0 Å². The second kappa shape index (κ2) is 7.63. The third kappa shape index (κ3) is 4.45. The van der Waals surface area contributed by atoms with Gasteiger partial charge in [0.1, 0.15) is 12.1 Å². The van der Waals surface area contributed by atoms with Gasteiger partial charge in [-0.25, -0.2) is 4.68 Å². The number of nitrogens with zero attached hydrogens (tertiary/aromatic N) is 3. The van der Waals surface area contributed by atoms with E-state index in [1.807, 2.05) is 37.3 Å². The molecule has 8 heteroatoms. The normalized spacial score (nSPS) is 10.3. The first-order valence-corrected chi connectivity index (χ1v) is 8.07. The molecule has 3 N–H and O–H groups in total. The summed E-state index contributed by atoms with van der Waals surface area (Å²) in [5, 5.41) is 20.2. The third-order valence-corrected chi connectivity index (χ3v) is 3.44. The van der Waals surface area contributed by atoms with Crippen LogP contribution in [0.4, 0.5) is 11.4 Å². The van der Waals surface area contributed by atoms with Crippen LogP contribution in [0.5, 0.6) is 11.8 Å². The van der Waals surface area contributed by atoms with Crippen molar-refractivity contribution in [2.45, 2.75) is 6.92 Å². The molecule has 0 amide bonds. The maximum absolute atomic E-state index is 9.46. The molecule has 1 aromatic heterocycles. The van der Waals surface area contributed by atoms with Crippen molar-refractivity contribution in [2.75, 3.05) is 17.2 Å². The molecule has 0 spiro atoms. The molecule has 128 valence electrons. The average molecular weight is 355 g/mol. The van der Waals surface area contributed by atoms with E-state index in [0.29, 0.717) is 23.4 Å². The van der Waals surface area contributed by atoms with Crippen LogP contribution in [0.2, 0.25) is 0 Å². The van der Waals surface area contributed by atoms with E-state index in [-0.39, 0.29) is 5.75 Å². The van der Waals surface area contributed by atoms with E-state index in [2.05, 4.69) is 20.7 Å². The minimum Gasteiger partial charge on any atom is -0.508 e. The van der Waals surface area contributed by atoms with Gasteiger partial charge in [-0.05, 0) is 55.5 Å². The van der Waals surface area contributed by atoms with Gasteiger partial charge in [0, 0.05) is 17.4 Å². The molecular weight excluding hydrogens is 338 g/mol. The first kappa shape index (κ1) is 16.7. The highest BCUT2D eigenvalue weighted by Crippen LogP contribution is 2.17. The summed E-state index contributed by atoms with van der Waals surface area (Å²) < 4.78 is 6.89. The van der Waals surface area contributed by atoms with Gasteiger partial charge in [0.25, 0.3) is 0 Å². The second-order valence-corrected chi connectivity index (χ2v) is 5.49. The van der Waals surface area contributed by atoms with Crippen LogP contribution >= 0.6 is 12.2 Å². The third-order valence-electron chi connectivity index (χ3n) is 3.24. The van der Waals surface area contributed by atoms with Gasteiger partial charge < -0.3 is 20.5 Å². The lowest BCUT2D eigenvalue weighted by Gasteiger charge is -2.11. The van der Waals surface area contributed by atoms with Crippen LogP contribution in [0.15, 0.2) is 54.9 Å². The van der Waals surface area contributed by atoms with E-state index in [4.69, 9.17) is 17.0 Å². The van der Waals surface area contributed by atoms with E-state index in [0.717, 1.165) is 11.4 Å². The van der Waals surface area contributed by atoms with Gasteiger partial charge in [0.05, 0.1) is 12.3 Å². The summed E-state index contributed by atoms with van der Waals surface area (Å²) in [6, 6.07) is 14.6. The number of thiocarbonyl (C=S) groups is 1. The van der Waals surface area contributed by atoms with Gasteiger partial charge >= 0.3 is 6.01 Å². The highest BCUT2D eigenvalue weighted by Gasteiger charge is 2.04. The number of hydrogen-bond acceptors (Lipinski definition) is 5. The molecule has 0 aliphatic heterocycles. The van der Waals surface area contributed by atoms with E-state index < -0.39 is 0 Å². The monoisotopic (exact) mass is 355 g/mol. The lowest BCUT2D eigenvalue weighted by molar-refractivity contribution is 0.312. The number of ether oxygens (including phenoxy) is 1. The molecule has 1 heterocycles. The van der Waals surface area contributed by atoms with E-state index in [9.17, 15) is 5.11 Å². The number of phenols is 1. The minimum atomic E-state index is 0.177. The summed E-state index contributed by atoms with van der Waals surface area (Å²) in [4.78, 5) is 4.07. The van der Waals surface area contributed by atoms with Crippen molar-refractivity contribution >= 4 is 28.7 Å². The Balaban J connectivity index is 1.62. The van der Waals surface area contributed by atoms with Crippen LogP contribution in [0.25, 0.3) is 5.69 Å². The van der Waals surface area contributed by atoms with Gasteiger partial charge in [0.2, 0.25) is 0 Å². The number of phenolic OH excluding ortho intramolecular Hbond substituents is 1. The highest BCUT2D eigenvalue weighted by molar-refractivity contribution is 7.80. The highest BCUT2D eigenvalue weighted by atomic mass is 32.1. The molecule has 25 heavy (non-hydrogen) atoms. The Kier molecular flexibility index (Phi) is 5.10. The van der Waals surface area contributed by atoms with Crippen molar-refractivity contribution in [3.05, 3.63) is 54.9 Å². The summed E-state index contributed by atoms with van der Waals surface area (Å²) in [6.07, 6.45) is 1.60. The molecule has 0 aliphatic rings. The lowest BCUT2D eigenvalue weighted by atomic mass is 10.3. The Labute approximate surface area is 150 Å². The zero-order valence-electron chi connectivity index (χ0n) is 13.5. The lowest BCUT2D eigenvalue weighted by Crippen LogP contribution is -2.18. The maximum atomic E-state index is 9.46. The summed E-state index contributed by atoms with van der Waals surface area (Å²) in [5.41, 5.74) is 2.39. The van der Waals surface area contributed by atoms with Gasteiger partial charge in [-0.3, -0.25) is 0 Å². The SMILES string of the molecule is CCOc1ncn(-c2ccc(NC(=S)Nc3cccc(O)c3)cc2)n1. The molecule has 0 atom stereocenters. The molecule has 3 rings (SSSR count). The summed E-state index contributed by atoms with van der Waals surface area (Å²) in [7, 11) is 0. The topological polar surface area (TPSA) is 84.2 Å². The number of aromatic hydroxyl groups is 1. The van der Waals surface area contributed by atoms with Gasteiger partial charge in [0.15, 0.2) is 5.11 Å². The van der Waals surface area contributed by atoms with E-state index in [1.165, 1.54) is 0 Å². The number of nitrogens with one attached hydrogen (secondary N) is 2. The second-order valence-electron chi connectivity index (χ2n) is 5.08. The Hall–Kier alpha value is -3.13. The predicted octanol–water partition coefficient (Wildman–Crippen LogP) is 3.18. The number of anilines is 2. The standard InChI is InChI=1S/C17H17N5O2S/c1-2-24-16-18-11-22(21-16)14-8-6-12(7-9-14)19-17(25)20-13-4-3-5-15(23)10-13/h3-11,23H,2H2,1H3,(H2,19,20,25). The smallest absolute Gasteiger partial charge is 0.335 e. The zero-order chi connectivity index (χ0) is 17.6. The molecule has 0 bridgehead atoms. The Morgan fingerprint density at radius 3 is 2.64 bits per heavy atom. The largest absolute Gasteiger partial charge is 0.508 e. The Bertz CT molecular complexity index is 863. The number of benzene rings is 2. The first-order valence-electron chi connectivity index (χ1n) is 7.66.